The van der Waals surface area contributed by atoms with Crippen molar-refractivity contribution in [1.82, 2.24) is 14.4 Å². The summed E-state index contributed by atoms with van der Waals surface area (Å²) in [6.07, 6.45) is 2.88. The Morgan fingerprint density at radius 2 is 1.78 bits per heavy atom. The van der Waals surface area contributed by atoms with Crippen LogP contribution in [0.1, 0.15) is 51.4 Å². The number of aromatic nitrogens is 1. The molecule has 7 nitrogen and oxygen atoms in total. The van der Waals surface area contributed by atoms with Gasteiger partial charge in [0.2, 0.25) is 5.91 Å². The molecule has 7 heteroatoms. The molecular weight excluding hydrogens is 346 g/mol. The molecule has 150 valence electrons. The molecule has 27 heavy (non-hydrogen) atoms. The molecule has 0 saturated heterocycles. The molecule has 2 rings (SSSR count). The summed E-state index contributed by atoms with van der Waals surface area (Å²) >= 11 is 0. The Labute approximate surface area is 161 Å². The van der Waals surface area contributed by atoms with Gasteiger partial charge in [-0.05, 0) is 46.3 Å². The molecule has 1 amide bonds. The van der Waals surface area contributed by atoms with E-state index in [0.29, 0.717) is 35.6 Å². The summed E-state index contributed by atoms with van der Waals surface area (Å²) in [6.45, 7) is 4.82. The lowest BCUT2D eigenvalue weighted by Gasteiger charge is -2.32. The molecule has 1 aliphatic carbocycles. The average molecular weight is 377 g/mol. The van der Waals surface area contributed by atoms with Gasteiger partial charge in [-0.25, -0.2) is 4.79 Å². The number of amides is 1. The van der Waals surface area contributed by atoms with E-state index >= 15 is 0 Å². The van der Waals surface area contributed by atoms with Crippen molar-refractivity contribution in [3.63, 3.8) is 0 Å². The molecule has 0 aliphatic heterocycles. The molecule has 0 N–H and O–H groups in total. The molecule has 1 heterocycles. The van der Waals surface area contributed by atoms with Crippen LogP contribution >= 0.6 is 0 Å². The van der Waals surface area contributed by atoms with E-state index in [9.17, 15) is 14.4 Å². The van der Waals surface area contributed by atoms with E-state index < -0.39 is 5.97 Å². The summed E-state index contributed by atoms with van der Waals surface area (Å²) in [5.74, 6) is -0.492. The van der Waals surface area contributed by atoms with Gasteiger partial charge in [-0.3, -0.25) is 9.59 Å². The molecule has 0 spiro atoms. The minimum Gasteiger partial charge on any atom is -0.464 e. The highest BCUT2D eigenvalue weighted by atomic mass is 16.5. The predicted octanol–water partition coefficient (Wildman–Crippen LogP) is 1.80. The van der Waals surface area contributed by atoms with Crippen molar-refractivity contribution in [2.45, 2.75) is 33.1 Å². The zero-order valence-corrected chi connectivity index (χ0v) is 17.3. The number of likely N-dealkylation sites (N-methyl/N-ethyl adjacent to an activating group) is 1. The van der Waals surface area contributed by atoms with Gasteiger partial charge in [0.1, 0.15) is 5.69 Å². The lowest BCUT2D eigenvalue weighted by atomic mass is 9.84. The lowest BCUT2D eigenvalue weighted by Crippen LogP contribution is -2.44. The van der Waals surface area contributed by atoms with Crippen molar-refractivity contribution in [1.29, 1.82) is 0 Å². The number of esters is 1. The van der Waals surface area contributed by atoms with Crippen LogP contribution in [0.2, 0.25) is 0 Å². The van der Waals surface area contributed by atoms with Crippen molar-refractivity contribution >= 4 is 17.7 Å². The number of hydrogen-bond acceptors (Lipinski definition) is 5. The first-order valence-corrected chi connectivity index (χ1v) is 9.39. The first-order chi connectivity index (χ1) is 12.7. The zero-order valence-electron chi connectivity index (χ0n) is 17.3. The number of ketones is 1. The summed E-state index contributed by atoms with van der Waals surface area (Å²) in [6, 6.07) is 0. The maximum atomic E-state index is 13.1. The first-order valence-electron chi connectivity index (χ1n) is 9.39. The molecular formula is C20H31N3O4. The van der Waals surface area contributed by atoms with Gasteiger partial charge < -0.3 is 19.1 Å². The molecule has 1 fully saturated rings. The second kappa shape index (κ2) is 8.69. The number of Topliss-reactive ketones (excluding diaryl/α,β-unsaturated/α-hetero) is 1. The van der Waals surface area contributed by atoms with Gasteiger partial charge >= 0.3 is 5.97 Å². The van der Waals surface area contributed by atoms with E-state index in [2.05, 4.69) is 0 Å². The van der Waals surface area contributed by atoms with Gasteiger partial charge in [0, 0.05) is 37.3 Å². The van der Waals surface area contributed by atoms with Crippen LogP contribution in [0.4, 0.5) is 0 Å². The molecule has 1 saturated carbocycles. The second-order valence-electron chi connectivity index (χ2n) is 7.60. The SMILES string of the molecule is COC(=O)c1c(C)c(C(=O)CN(CCN(C)C)C(=O)C2CCC2)c(C)n1C. The Morgan fingerprint density at radius 1 is 1.15 bits per heavy atom. The first kappa shape index (κ1) is 21.2. The summed E-state index contributed by atoms with van der Waals surface area (Å²) in [5, 5.41) is 0. The average Bonchev–Trinajstić information content (AvgIpc) is 2.78. The van der Waals surface area contributed by atoms with Crippen LogP contribution < -0.4 is 0 Å². The highest BCUT2D eigenvalue weighted by Gasteiger charge is 2.32. The summed E-state index contributed by atoms with van der Waals surface area (Å²) in [7, 11) is 6.96. The predicted molar refractivity (Wildman–Crippen MR) is 103 cm³/mol. The fourth-order valence-electron chi connectivity index (χ4n) is 3.53. The van der Waals surface area contributed by atoms with Crippen LogP contribution in [-0.4, -0.2) is 72.9 Å². The van der Waals surface area contributed by atoms with Crippen molar-refractivity contribution in [2.75, 3.05) is 40.8 Å². The fourth-order valence-corrected chi connectivity index (χ4v) is 3.53. The highest BCUT2D eigenvalue weighted by molar-refractivity contribution is 6.04. The van der Waals surface area contributed by atoms with Gasteiger partial charge in [0.25, 0.3) is 0 Å². The minimum absolute atomic E-state index is 0.0372. The standard InChI is InChI=1S/C20H31N3O4/c1-13-17(14(2)22(5)18(13)20(26)27-6)16(24)12-23(11-10-21(3)4)19(25)15-8-7-9-15/h15H,7-12H2,1-6H3. The topological polar surface area (TPSA) is 71.9 Å². The van der Waals surface area contributed by atoms with Crippen LogP contribution in [0.3, 0.4) is 0 Å². The molecule has 1 aromatic heterocycles. The third-order valence-electron chi connectivity index (χ3n) is 5.51. The number of rotatable bonds is 8. The van der Waals surface area contributed by atoms with Crippen molar-refractivity contribution in [2.24, 2.45) is 13.0 Å². The summed E-state index contributed by atoms with van der Waals surface area (Å²) < 4.78 is 6.53. The van der Waals surface area contributed by atoms with Gasteiger partial charge in [0.15, 0.2) is 5.78 Å². The maximum Gasteiger partial charge on any atom is 0.354 e. The van der Waals surface area contributed by atoms with Crippen LogP contribution in [0.15, 0.2) is 0 Å². The number of hydrogen-bond donors (Lipinski definition) is 0. The van der Waals surface area contributed by atoms with E-state index in [1.54, 1.807) is 23.4 Å². The van der Waals surface area contributed by atoms with E-state index in [4.69, 9.17) is 4.74 Å². The highest BCUT2D eigenvalue weighted by Crippen LogP contribution is 2.29. The van der Waals surface area contributed by atoms with E-state index in [0.717, 1.165) is 19.3 Å². The van der Waals surface area contributed by atoms with E-state index in [-0.39, 0.29) is 24.2 Å². The van der Waals surface area contributed by atoms with Crippen LogP contribution in [0.5, 0.6) is 0 Å². The van der Waals surface area contributed by atoms with Crippen LogP contribution in [0, 0.1) is 19.8 Å². The Kier molecular flexibility index (Phi) is 6.81. The van der Waals surface area contributed by atoms with Gasteiger partial charge in [-0.1, -0.05) is 6.42 Å². The Morgan fingerprint density at radius 3 is 2.26 bits per heavy atom. The molecule has 0 unspecified atom stereocenters. The summed E-state index contributed by atoms with van der Waals surface area (Å²) in [4.78, 5) is 41.6. The van der Waals surface area contributed by atoms with Gasteiger partial charge in [-0.15, -0.1) is 0 Å². The monoisotopic (exact) mass is 377 g/mol. The van der Waals surface area contributed by atoms with Crippen molar-refractivity contribution < 1.29 is 19.1 Å². The van der Waals surface area contributed by atoms with Crippen molar-refractivity contribution in [3.05, 3.63) is 22.5 Å². The molecule has 0 aromatic carbocycles. The van der Waals surface area contributed by atoms with Gasteiger partial charge in [0.05, 0.1) is 13.7 Å². The molecule has 0 radical (unpaired) electrons. The largest absolute Gasteiger partial charge is 0.464 e. The third kappa shape index (κ3) is 4.40. The van der Waals surface area contributed by atoms with E-state index in [1.807, 2.05) is 25.9 Å². The van der Waals surface area contributed by atoms with Crippen LogP contribution in [0.25, 0.3) is 0 Å². The van der Waals surface area contributed by atoms with Crippen molar-refractivity contribution in [3.8, 4) is 0 Å². The maximum absolute atomic E-state index is 13.1. The molecule has 0 bridgehead atoms. The quantitative estimate of drug-likeness (QED) is 0.510. The normalized spacial score (nSPS) is 14.2. The number of ether oxygens (including phenoxy) is 1. The second-order valence-corrected chi connectivity index (χ2v) is 7.60. The smallest absolute Gasteiger partial charge is 0.354 e. The van der Waals surface area contributed by atoms with Gasteiger partial charge in [-0.2, -0.15) is 0 Å². The Balaban J connectivity index is 2.26. The fraction of sp³-hybridized carbons (Fsp3) is 0.650. The number of methoxy groups -OCH3 is 1. The number of carbonyl (C=O) groups excluding carboxylic acids is 3. The number of carbonyl (C=O) groups is 3. The molecule has 0 atom stereocenters. The van der Waals surface area contributed by atoms with Crippen LogP contribution in [-0.2, 0) is 16.6 Å². The minimum atomic E-state index is -0.466. The molecule has 1 aliphatic rings. The third-order valence-corrected chi connectivity index (χ3v) is 5.51. The zero-order chi connectivity index (χ0) is 20.3. The number of nitrogens with zero attached hydrogens (tertiary/aromatic N) is 3. The summed E-state index contributed by atoms with van der Waals surface area (Å²) in [5.41, 5.74) is 2.20. The van der Waals surface area contributed by atoms with E-state index in [1.165, 1.54) is 7.11 Å². The molecule has 1 aromatic rings. The Hall–Kier alpha value is -2.15. The lowest BCUT2D eigenvalue weighted by molar-refractivity contribution is -0.137. The Bertz CT molecular complexity index is 732.